The molecule has 10 nitrogen and oxygen atoms in total. The van der Waals surface area contributed by atoms with Crippen LogP contribution in [-0.2, 0) is 26.9 Å². The molecule has 6 rings (SSSR count). The van der Waals surface area contributed by atoms with Crippen molar-refractivity contribution in [1.29, 1.82) is 0 Å². The van der Waals surface area contributed by atoms with Crippen molar-refractivity contribution in [3.05, 3.63) is 99.7 Å². The molecule has 0 aliphatic carbocycles. The average molecular weight is 672 g/mol. The monoisotopic (exact) mass is 670 g/mol. The highest BCUT2D eigenvalue weighted by Gasteiger charge is 2.63. The standard InChI is InChI=1S/C32H32Cl2N4O6S/c1-4-35-19-20-7-12-29(43-3)24(16-20)32(37-14-5-6-27(37)30-36-13-15-44-30)23-17-25(33)26(34)18-28(23)38(31(32)39)45(40,41)22-10-8-21(42-2)9-11-22/h7-13,15-18,27,35H,4-6,14,19H2,1-3H3/t27-,32?/m0/s1. The highest BCUT2D eigenvalue weighted by atomic mass is 35.5. The van der Waals surface area contributed by atoms with Gasteiger partial charge in [0.05, 0.1) is 47.1 Å². The number of fused-ring (bicyclic) bond motifs is 1. The van der Waals surface area contributed by atoms with Gasteiger partial charge in [-0.25, -0.2) is 17.7 Å². The fraction of sp³-hybridized carbons (Fsp3) is 0.312. The Labute approximate surface area is 271 Å². The molecule has 1 unspecified atom stereocenters. The maximum absolute atomic E-state index is 15.4. The molecule has 1 N–H and O–H groups in total. The summed E-state index contributed by atoms with van der Waals surface area (Å²) >= 11 is 13.2. The summed E-state index contributed by atoms with van der Waals surface area (Å²) in [7, 11) is -1.46. The van der Waals surface area contributed by atoms with Crippen LogP contribution in [0.3, 0.4) is 0 Å². The summed E-state index contributed by atoms with van der Waals surface area (Å²) in [5.41, 5.74) is 0.0891. The van der Waals surface area contributed by atoms with Crippen LogP contribution in [0.5, 0.6) is 11.5 Å². The van der Waals surface area contributed by atoms with Crippen molar-refractivity contribution < 1.29 is 27.1 Å². The molecule has 45 heavy (non-hydrogen) atoms. The SMILES string of the molecule is CCNCc1ccc(OC)c(C2(N3CCC[C@H]3c3ncco3)C(=O)N(S(=O)(=O)c3ccc(OC)cc3)c3cc(Cl)c(Cl)cc32)c1. The average Bonchev–Trinajstić information content (AvgIpc) is 3.79. The molecule has 0 radical (unpaired) electrons. The smallest absolute Gasteiger partial charge is 0.271 e. The van der Waals surface area contributed by atoms with Gasteiger partial charge < -0.3 is 19.2 Å². The summed E-state index contributed by atoms with van der Waals surface area (Å²) in [4.78, 5) is 21.7. The minimum Gasteiger partial charge on any atom is -0.497 e. The Hall–Kier alpha value is -3.61. The molecule has 2 atom stereocenters. The molecule has 2 aliphatic heterocycles. The van der Waals surface area contributed by atoms with Crippen molar-refractivity contribution in [2.24, 2.45) is 0 Å². The fourth-order valence-corrected chi connectivity index (χ4v) is 8.16. The number of hydrogen-bond acceptors (Lipinski definition) is 9. The quantitative estimate of drug-likeness (QED) is 0.219. The molecule has 1 saturated heterocycles. The third kappa shape index (κ3) is 5.07. The highest BCUT2D eigenvalue weighted by molar-refractivity contribution is 7.93. The van der Waals surface area contributed by atoms with E-state index in [1.54, 1.807) is 18.3 Å². The van der Waals surface area contributed by atoms with Gasteiger partial charge >= 0.3 is 0 Å². The number of halogens is 2. The van der Waals surface area contributed by atoms with E-state index < -0.39 is 27.5 Å². The topological polar surface area (TPSA) is 114 Å². The van der Waals surface area contributed by atoms with Gasteiger partial charge in [-0.15, -0.1) is 0 Å². The lowest BCUT2D eigenvalue weighted by molar-refractivity contribution is -0.127. The van der Waals surface area contributed by atoms with Gasteiger partial charge in [-0.3, -0.25) is 9.69 Å². The van der Waals surface area contributed by atoms with E-state index in [2.05, 4.69) is 10.3 Å². The number of carbonyl (C=O) groups excluding carboxylic acids is 1. The second-order valence-electron chi connectivity index (χ2n) is 10.8. The van der Waals surface area contributed by atoms with Crippen LogP contribution in [0, 0.1) is 0 Å². The Morgan fingerprint density at radius 2 is 1.80 bits per heavy atom. The van der Waals surface area contributed by atoms with E-state index in [4.69, 9.17) is 37.1 Å². The number of amides is 1. The lowest BCUT2D eigenvalue weighted by atomic mass is 9.80. The van der Waals surface area contributed by atoms with Gasteiger partial charge in [0.2, 0.25) is 5.89 Å². The van der Waals surface area contributed by atoms with Crippen LogP contribution in [0.25, 0.3) is 0 Å². The third-order valence-corrected chi connectivity index (χ3v) is 10.8. The summed E-state index contributed by atoms with van der Waals surface area (Å²) in [6.07, 6.45) is 4.36. The second kappa shape index (κ2) is 12.3. The van der Waals surface area contributed by atoms with Gasteiger partial charge in [-0.1, -0.05) is 36.2 Å². The van der Waals surface area contributed by atoms with Gasteiger partial charge in [0, 0.05) is 24.2 Å². The Bertz CT molecular complexity index is 1840. The number of rotatable bonds is 10. The van der Waals surface area contributed by atoms with Gasteiger partial charge in [-0.2, -0.15) is 0 Å². The number of methoxy groups -OCH3 is 2. The van der Waals surface area contributed by atoms with Gasteiger partial charge in [-0.05, 0) is 73.5 Å². The summed E-state index contributed by atoms with van der Waals surface area (Å²) in [6.45, 7) is 3.68. The van der Waals surface area contributed by atoms with Crippen LogP contribution >= 0.6 is 23.2 Å². The number of anilines is 1. The number of carbonyl (C=O) groups is 1. The summed E-state index contributed by atoms with van der Waals surface area (Å²) in [5.74, 6) is 0.575. The van der Waals surface area contributed by atoms with E-state index in [-0.39, 0.29) is 20.6 Å². The Morgan fingerprint density at radius 1 is 1.04 bits per heavy atom. The number of aromatic nitrogens is 1. The molecule has 13 heteroatoms. The zero-order valence-corrected chi connectivity index (χ0v) is 27.2. The molecule has 0 bridgehead atoms. The van der Waals surface area contributed by atoms with Crippen molar-refractivity contribution in [3.63, 3.8) is 0 Å². The van der Waals surface area contributed by atoms with Gasteiger partial charge in [0.1, 0.15) is 17.8 Å². The van der Waals surface area contributed by atoms with Crippen molar-refractivity contribution in [3.8, 4) is 11.5 Å². The molecule has 3 heterocycles. The van der Waals surface area contributed by atoms with Gasteiger partial charge in [0.25, 0.3) is 15.9 Å². The molecule has 1 fully saturated rings. The number of nitrogens with one attached hydrogen (secondary N) is 1. The van der Waals surface area contributed by atoms with Crippen LogP contribution in [-0.4, -0.2) is 51.5 Å². The predicted molar refractivity (Wildman–Crippen MR) is 170 cm³/mol. The number of nitrogens with zero attached hydrogens (tertiary/aromatic N) is 3. The van der Waals surface area contributed by atoms with Crippen LogP contribution in [0.1, 0.15) is 48.4 Å². The number of oxazole rings is 1. The van der Waals surface area contributed by atoms with Crippen molar-refractivity contribution in [1.82, 2.24) is 15.2 Å². The summed E-state index contributed by atoms with van der Waals surface area (Å²) < 4.78 is 46.8. The number of benzene rings is 3. The first-order valence-electron chi connectivity index (χ1n) is 14.5. The largest absolute Gasteiger partial charge is 0.497 e. The first-order chi connectivity index (χ1) is 21.7. The van der Waals surface area contributed by atoms with Crippen molar-refractivity contribution >= 4 is 44.8 Å². The van der Waals surface area contributed by atoms with Gasteiger partial charge in [0.15, 0.2) is 5.54 Å². The summed E-state index contributed by atoms with van der Waals surface area (Å²) in [5, 5.41) is 3.60. The minimum absolute atomic E-state index is 0.0944. The van der Waals surface area contributed by atoms with E-state index in [1.807, 2.05) is 24.0 Å². The Morgan fingerprint density at radius 3 is 2.47 bits per heavy atom. The molecule has 236 valence electrons. The maximum atomic E-state index is 15.4. The minimum atomic E-state index is -4.47. The normalized spacial score (nSPS) is 20.1. The van der Waals surface area contributed by atoms with Crippen LogP contribution in [0.2, 0.25) is 10.0 Å². The first kappa shape index (κ1) is 31.4. The van der Waals surface area contributed by atoms with E-state index in [1.165, 1.54) is 50.8 Å². The van der Waals surface area contributed by atoms with Crippen molar-refractivity contribution in [2.45, 2.75) is 42.8 Å². The molecule has 3 aromatic carbocycles. The number of ether oxygens (including phenoxy) is 2. The zero-order chi connectivity index (χ0) is 31.9. The molecule has 2 aliphatic rings. The molecular weight excluding hydrogens is 639 g/mol. The Balaban J connectivity index is 1.68. The number of likely N-dealkylation sites (tertiary alicyclic amines) is 1. The van der Waals surface area contributed by atoms with E-state index in [0.29, 0.717) is 54.4 Å². The van der Waals surface area contributed by atoms with Crippen LogP contribution < -0.4 is 19.1 Å². The summed E-state index contributed by atoms with van der Waals surface area (Å²) in [6, 6.07) is 14.0. The molecule has 1 aromatic heterocycles. The fourth-order valence-electron chi connectivity index (χ4n) is 6.39. The zero-order valence-electron chi connectivity index (χ0n) is 24.9. The number of hydrogen-bond donors (Lipinski definition) is 1. The highest BCUT2D eigenvalue weighted by Crippen LogP contribution is 2.57. The van der Waals surface area contributed by atoms with Crippen molar-refractivity contribution in [2.75, 3.05) is 31.6 Å². The van der Waals surface area contributed by atoms with E-state index in [0.717, 1.165) is 16.4 Å². The van der Waals surface area contributed by atoms with E-state index >= 15 is 4.79 Å². The van der Waals surface area contributed by atoms with Crippen LogP contribution in [0.4, 0.5) is 5.69 Å². The molecular formula is C32H32Cl2N4O6S. The maximum Gasteiger partial charge on any atom is 0.271 e. The molecule has 0 spiro atoms. The van der Waals surface area contributed by atoms with Crippen LogP contribution in [0.15, 0.2) is 76.4 Å². The molecule has 1 amide bonds. The number of sulfonamides is 1. The molecule has 4 aromatic rings. The van der Waals surface area contributed by atoms with E-state index in [9.17, 15) is 8.42 Å². The lowest BCUT2D eigenvalue weighted by Crippen LogP contribution is -2.54. The lowest BCUT2D eigenvalue weighted by Gasteiger charge is -2.41. The first-order valence-corrected chi connectivity index (χ1v) is 16.7. The Kier molecular flexibility index (Phi) is 8.57. The molecule has 0 saturated carbocycles. The predicted octanol–water partition coefficient (Wildman–Crippen LogP) is 5.92. The third-order valence-electron chi connectivity index (χ3n) is 8.39. The second-order valence-corrected chi connectivity index (χ2v) is 13.4.